The first-order valence-corrected chi connectivity index (χ1v) is 26.3. The Bertz CT molecular complexity index is 2880. The minimum Gasteiger partial charge on any atom is -0.494 e. The lowest BCUT2D eigenvalue weighted by molar-refractivity contribution is -0.136. The standard InChI is InChI=1S/C49H55BrN11O6P/c1-51-36-10-8-33-34(30-61(47(33)64)40-13-14-42(62)57-46(40)63)32(36)6-5-26-67-27-25-59-21-15-49(16-22-59)17-23-60(24-18-49)31-7-9-37(41(28-31)66-2)56-48-54-29-35(50)45(58-48)55-39-12-11-38-43(53-20-19-52-38)44(39)68(3,4)65/h7-12,19-20,28-29,40,51H,13-18,21-27,30H2,1-4H3,(H,57,62,63)(H2,54,55,56,58). The number of fused-ring (bicyclic) bond motifs is 2. The van der Waals surface area contributed by atoms with E-state index in [0.717, 1.165) is 86.6 Å². The zero-order valence-corrected chi connectivity index (χ0v) is 41.1. The second kappa shape index (κ2) is 19.8. The van der Waals surface area contributed by atoms with Gasteiger partial charge in [0.05, 0.1) is 51.6 Å². The number of rotatable bonds is 13. The van der Waals surface area contributed by atoms with Gasteiger partial charge in [0.15, 0.2) is 0 Å². The number of halogens is 1. The molecule has 1 atom stereocenters. The molecule has 354 valence electrons. The fourth-order valence-electron chi connectivity index (χ4n) is 9.83. The van der Waals surface area contributed by atoms with Crippen LogP contribution < -0.4 is 36.2 Å². The normalized spacial score (nSPS) is 18.2. The van der Waals surface area contributed by atoms with Crippen LogP contribution in [-0.2, 0) is 25.4 Å². The van der Waals surface area contributed by atoms with Crippen molar-refractivity contribution in [2.75, 3.05) is 94.3 Å². The lowest BCUT2D eigenvalue weighted by Gasteiger charge is -2.47. The number of anilines is 6. The van der Waals surface area contributed by atoms with E-state index in [9.17, 15) is 18.9 Å². The highest BCUT2D eigenvalue weighted by Gasteiger charge is 2.41. The molecule has 0 aliphatic carbocycles. The van der Waals surface area contributed by atoms with Gasteiger partial charge in [-0.25, -0.2) is 4.98 Å². The van der Waals surface area contributed by atoms with E-state index >= 15 is 0 Å². The third-order valence-electron chi connectivity index (χ3n) is 13.6. The average molecular weight is 1000 g/mol. The number of nitrogens with one attached hydrogen (secondary N) is 4. The molecule has 1 unspecified atom stereocenters. The van der Waals surface area contributed by atoms with Gasteiger partial charge >= 0.3 is 0 Å². The van der Waals surface area contributed by atoms with E-state index in [2.05, 4.69) is 85.9 Å². The molecule has 68 heavy (non-hydrogen) atoms. The van der Waals surface area contributed by atoms with Crippen LogP contribution in [0, 0.1) is 17.3 Å². The average Bonchev–Trinajstić information content (AvgIpc) is 3.67. The predicted octanol–water partition coefficient (Wildman–Crippen LogP) is 6.48. The van der Waals surface area contributed by atoms with E-state index in [1.54, 1.807) is 50.0 Å². The maximum atomic E-state index is 13.5. The highest BCUT2D eigenvalue weighted by molar-refractivity contribution is 9.10. The van der Waals surface area contributed by atoms with E-state index < -0.39 is 19.1 Å². The Morgan fingerprint density at radius 1 is 0.941 bits per heavy atom. The number of methoxy groups -OCH3 is 1. The monoisotopic (exact) mass is 1000 g/mol. The summed E-state index contributed by atoms with van der Waals surface area (Å²) in [5, 5.41) is 12.8. The zero-order chi connectivity index (χ0) is 47.6. The molecule has 5 aromatic rings. The highest BCUT2D eigenvalue weighted by atomic mass is 79.9. The quantitative estimate of drug-likeness (QED) is 0.0433. The second-order valence-corrected chi connectivity index (χ2v) is 22.1. The Morgan fingerprint density at radius 2 is 1.69 bits per heavy atom. The summed E-state index contributed by atoms with van der Waals surface area (Å²) in [6.07, 6.45) is 9.98. The molecule has 0 bridgehead atoms. The predicted molar refractivity (Wildman–Crippen MR) is 267 cm³/mol. The van der Waals surface area contributed by atoms with Crippen LogP contribution in [0.25, 0.3) is 11.0 Å². The van der Waals surface area contributed by atoms with Gasteiger partial charge < -0.3 is 44.7 Å². The van der Waals surface area contributed by atoms with Crippen LogP contribution in [0.1, 0.15) is 60.0 Å². The number of likely N-dealkylation sites (tertiary alicyclic amines) is 1. The maximum absolute atomic E-state index is 13.5. The van der Waals surface area contributed by atoms with E-state index in [1.807, 2.05) is 31.3 Å². The van der Waals surface area contributed by atoms with Gasteiger partial charge in [-0.2, -0.15) is 4.98 Å². The lowest BCUT2D eigenvalue weighted by atomic mass is 9.71. The molecule has 2 aromatic heterocycles. The van der Waals surface area contributed by atoms with Crippen molar-refractivity contribution in [2.45, 2.75) is 51.1 Å². The first-order chi connectivity index (χ1) is 32.8. The number of ether oxygens (including phenoxy) is 2. The van der Waals surface area contributed by atoms with Crippen molar-refractivity contribution >= 4 is 91.6 Å². The Balaban J connectivity index is 0.748. The van der Waals surface area contributed by atoms with Crippen LogP contribution in [-0.4, -0.2) is 127 Å². The molecule has 19 heteroatoms. The summed E-state index contributed by atoms with van der Waals surface area (Å²) in [4.78, 5) is 62.3. The van der Waals surface area contributed by atoms with E-state index in [0.29, 0.717) is 68.0 Å². The summed E-state index contributed by atoms with van der Waals surface area (Å²) in [7, 11) is 0.706. The molecule has 4 N–H and O–H groups in total. The molecule has 6 heterocycles. The Hall–Kier alpha value is -6.12. The molecule has 3 aromatic carbocycles. The fourth-order valence-corrected chi connectivity index (χ4v) is 11.5. The first-order valence-electron chi connectivity index (χ1n) is 22.9. The van der Waals surface area contributed by atoms with Crippen molar-refractivity contribution in [1.82, 2.24) is 35.1 Å². The topological polar surface area (TPSA) is 196 Å². The second-order valence-electron chi connectivity index (χ2n) is 18.1. The molecule has 4 aliphatic rings. The van der Waals surface area contributed by atoms with Crippen molar-refractivity contribution in [2.24, 2.45) is 5.41 Å². The van der Waals surface area contributed by atoms with Gasteiger partial charge in [-0.05, 0) is 116 Å². The van der Waals surface area contributed by atoms with Crippen LogP contribution >= 0.6 is 23.1 Å². The molecule has 3 saturated heterocycles. The Labute approximate surface area is 404 Å². The minimum atomic E-state index is -2.77. The zero-order valence-electron chi connectivity index (χ0n) is 38.7. The van der Waals surface area contributed by atoms with Crippen molar-refractivity contribution in [3.8, 4) is 17.6 Å². The van der Waals surface area contributed by atoms with Gasteiger partial charge in [-0.3, -0.25) is 29.7 Å². The highest BCUT2D eigenvalue weighted by Crippen LogP contribution is 2.44. The van der Waals surface area contributed by atoms with Crippen LogP contribution in [0.5, 0.6) is 5.75 Å². The third kappa shape index (κ3) is 9.89. The number of aromatic nitrogens is 4. The summed E-state index contributed by atoms with van der Waals surface area (Å²) in [5.74, 6) is 6.97. The summed E-state index contributed by atoms with van der Waals surface area (Å²) in [6.45, 7) is 9.39. The van der Waals surface area contributed by atoms with Gasteiger partial charge in [0.2, 0.25) is 17.8 Å². The minimum absolute atomic E-state index is 0.207. The Morgan fingerprint density at radius 3 is 2.44 bits per heavy atom. The van der Waals surface area contributed by atoms with Gasteiger partial charge in [-0.1, -0.05) is 11.8 Å². The smallest absolute Gasteiger partial charge is 0.255 e. The molecule has 3 amide bonds. The molecule has 0 radical (unpaired) electrons. The SMILES string of the molecule is CNc1ccc2c(c1C#CCOCCN1CCC3(CC1)CCN(c1ccc(Nc4ncc(Br)c(Nc5ccc6nccnc6c5P(C)(C)=O)n4)c(OC)c1)CC3)CN(C1CCC(=O)NC1=O)C2=O. The van der Waals surface area contributed by atoms with Crippen molar-refractivity contribution in [1.29, 1.82) is 0 Å². The number of hydrogen-bond acceptors (Lipinski definition) is 15. The fraction of sp³-hybridized carbons (Fsp3) is 0.408. The molecule has 17 nitrogen and oxygen atoms in total. The molecule has 9 rings (SSSR count). The number of amides is 3. The van der Waals surface area contributed by atoms with Crippen LogP contribution in [0.15, 0.2) is 65.5 Å². The van der Waals surface area contributed by atoms with E-state index in [-0.39, 0.29) is 31.4 Å². The molecule has 4 aliphatic heterocycles. The molecular formula is C49H55BrN11O6P. The summed E-state index contributed by atoms with van der Waals surface area (Å²) in [5.41, 5.74) is 6.92. The number of benzene rings is 3. The van der Waals surface area contributed by atoms with E-state index in [1.165, 1.54) is 0 Å². The summed E-state index contributed by atoms with van der Waals surface area (Å²) >= 11 is 3.58. The molecule has 1 spiro atoms. The number of carbonyl (C=O) groups is 3. The molecular weight excluding hydrogens is 949 g/mol. The van der Waals surface area contributed by atoms with Gasteiger partial charge in [0, 0.05) is 81.1 Å². The molecule has 3 fully saturated rings. The van der Waals surface area contributed by atoms with Crippen LogP contribution in [0.4, 0.5) is 34.5 Å². The number of hydrogen-bond donors (Lipinski definition) is 4. The molecule has 0 saturated carbocycles. The van der Waals surface area contributed by atoms with Gasteiger partial charge in [0.1, 0.15) is 36.9 Å². The number of piperidine rings is 3. The van der Waals surface area contributed by atoms with Crippen molar-refractivity contribution in [3.05, 3.63) is 82.2 Å². The summed E-state index contributed by atoms with van der Waals surface area (Å²) < 4.78 is 26.0. The largest absolute Gasteiger partial charge is 0.494 e. The number of nitrogens with zero attached hydrogens (tertiary/aromatic N) is 7. The number of imide groups is 1. The third-order valence-corrected chi connectivity index (χ3v) is 15.7. The lowest BCUT2D eigenvalue weighted by Crippen LogP contribution is -2.52. The first kappa shape index (κ1) is 47.0. The van der Waals surface area contributed by atoms with Crippen molar-refractivity contribution in [3.63, 3.8) is 0 Å². The van der Waals surface area contributed by atoms with Crippen LogP contribution in [0.3, 0.4) is 0 Å². The number of carbonyl (C=O) groups excluding carboxylic acids is 3. The summed E-state index contributed by atoms with van der Waals surface area (Å²) in [6, 6.07) is 12.8. The van der Waals surface area contributed by atoms with Gasteiger partial charge in [-0.15, -0.1) is 0 Å². The Kier molecular flexibility index (Phi) is 13.7. The van der Waals surface area contributed by atoms with Crippen molar-refractivity contribution < 1.29 is 28.4 Å². The van der Waals surface area contributed by atoms with Gasteiger partial charge in [0.25, 0.3) is 5.91 Å². The van der Waals surface area contributed by atoms with E-state index in [4.69, 9.17) is 14.5 Å². The van der Waals surface area contributed by atoms with Crippen LogP contribution in [0.2, 0.25) is 0 Å². The maximum Gasteiger partial charge on any atom is 0.255 e.